The van der Waals surface area contributed by atoms with Gasteiger partial charge < -0.3 is 10.0 Å². The number of hydrogen-bond donors (Lipinski definition) is 1. The molecule has 0 radical (unpaired) electrons. The summed E-state index contributed by atoms with van der Waals surface area (Å²) in [5.74, 6) is 0.0215. The van der Waals surface area contributed by atoms with Gasteiger partial charge in [0.15, 0.2) is 0 Å². The van der Waals surface area contributed by atoms with Crippen LogP contribution in [0.3, 0.4) is 0 Å². The van der Waals surface area contributed by atoms with E-state index in [4.69, 9.17) is 5.11 Å². The molecule has 1 saturated heterocycles. The van der Waals surface area contributed by atoms with Gasteiger partial charge in [-0.1, -0.05) is 25.7 Å². The molecule has 0 bridgehead atoms. The smallest absolute Gasteiger partial charge is 0.306 e. The lowest BCUT2D eigenvalue weighted by molar-refractivity contribution is -0.145. The standard InChI is InChI=1S/C14H23NO3/c16-13(6-5-11-3-1-2-4-11)15-9-7-12(8-10-15)14(17)18/h11-12H,1-10H2,(H,17,18). The number of aliphatic carboxylic acids is 1. The zero-order valence-corrected chi connectivity index (χ0v) is 10.9. The van der Waals surface area contributed by atoms with Gasteiger partial charge in [-0.2, -0.15) is 0 Å². The third kappa shape index (κ3) is 3.47. The number of carboxylic acids is 1. The first kappa shape index (κ1) is 13.4. The second kappa shape index (κ2) is 6.21. The normalized spacial score (nSPS) is 22.3. The number of amides is 1. The molecule has 1 N–H and O–H groups in total. The van der Waals surface area contributed by atoms with Gasteiger partial charge in [0.1, 0.15) is 0 Å². The van der Waals surface area contributed by atoms with E-state index in [1.807, 2.05) is 4.90 Å². The van der Waals surface area contributed by atoms with Gasteiger partial charge in [0.2, 0.25) is 5.91 Å². The number of carbonyl (C=O) groups excluding carboxylic acids is 1. The van der Waals surface area contributed by atoms with Crippen LogP contribution >= 0.6 is 0 Å². The van der Waals surface area contributed by atoms with Crippen molar-refractivity contribution in [2.75, 3.05) is 13.1 Å². The SMILES string of the molecule is O=C(O)C1CCN(C(=O)CCC2CCCC2)CC1. The molecule has 1 saturated carbocycles. The molecule has 0 spiro atoms. The van der Waals surface area contributed by atoms with E-state index in [1.54, 1.807) is 0 Å². The highest BCUT2D eigenvalue weighted by atomic mass is 16.4. The first-order valence-electron chi connectivity index (χ1n) is 7.17. The Labute approximate surface area is 108 Å². The Hall–Kier alpha value is -1.06. The molecule has 4 nitrogen and oxygen atoms in total. The molecule has 0 aromatic rings. The van der Waals surface area contributed by atoms with E-state index in [2.05, 4.69) is 0 Å². The van der Waals surface area contributed by atoms with Gasteiger partial charge in [0.25, 0.3) is 0 Å². The van der Waals surface area contributed by atoms with Crippen LogP contribution in [0.2, 0.25) is 0 Å². The lowest BCUT2D eigenvalue weighted by Gasteiger charge is -2.30. The highest BCUT2D eigenvalue weighted by molar-refractivity contribution is 5.77. The molecule has 4 heteroatoms. The van der Waals surface area contributed by atoms with Crippen molar-refractivity contribution < 1.29 is 14.7 Å². The highest BCUT2D eigenvalue weighted by Gasteiger charge is 2.27. The van der Waals surface area contributed by atoms with Gasteiger partial charge in [0, 0.05) is 19.5 Å². The van der Waals surface area contributed by atoms with Crippen LogP contribution in [0.1, 0.15) is 51.4 Å². The Morgan fingerprint density at radius 2 is 1.67 bits per heavy atom. The van der Waals surface area contributed by atoms with E-state index in [0.29, 0.717) is 32.4 Å². The fourth-order valence-corrected chi connectivity index (χ4v) is 3.16. The minimum absolute atomic E-state index is 0.228. The van der Waals surface area contributed by atoms with E-state index >= 15 is 0 Å². The zero-order valence-electron chi connectivity index (χ0n) is 10.9. The maximum atomic E-state index is 12.0. The lowest BCUT2D eigenvalue weighted by Crippen LogP contribution is -2.40. The highest BCUT2D eigenvalue weighted by Crippen LogP contribution is 2.29. The van der Waals surface area contributed by atoms with E-state index in [0.717, 1.165) is 12.3 Å². The van der Waals surface area contributed by atoms with Crippen LogP contribution in [0.4, 0.5) is 0 Å². The molecule has 2 fully saturated rings. The Morgan fingerprint density at radius 3 is 2.22 bits per heavy atom. The maximum absolute atomic E-state index is 12.0. The average molecular weight is 253 g/mol. The third-order valence-electron chi connectivity index (χ3n) is 4.44. The first-order chi connectivity index (χ1) is 8.66. The minimum atomic E-state index is -0.715. The minimum Gasteiger partial charge on any atom is -0.481 e. The number of nitrogens with zero attached hydrogens (tertiary/aromatic N) is 1. The van der Waals surface area contributed by atoms with Crippen LogP contribution < -0.4 is 0 Å². The molecule has 1 heterocycles. The van der Waals surface area contributed by atoms with Gasteiger partial charge in [-0.15, -0.1) is 0 Å². The number of carbonyl (C=O) groups is 2. The van der Waals surface area contributed by atoms with Crippen molar-refractivity contribution in [2.24, 2.45) is 11.8 Å². The Balaban J connectivity index is 1.68. The summed E-state index contributed by atoms with van der Waals surface area (Å²) >= 11 is 0. The molecule has 1 amide bonds. The summed E-state index contributed by atoms with van der Waals surface area (Å²) in [6.07, 6.45) is 8.13. The molecule has 2 rings (SSSR count). The van der Waals surface area contributed by atoms with Crippen LogP contribution in [0, 0.1) is 11.8 Å². The van der Waals surface area contributed by atoms with Gasteiger partial charge in [-0.3, -0.25) is 9.59 Å². The summed E-state index contributed by atoms with van der Waals surface area (Å²) in [7, 11) is 0. The van der Waals surface area contributed by atoms with E-state index in [1.165, 1.54) is 25.7 Å². The Bertz CT molecular complexity index is 302. The number of rotatable bonds is 4. The molecule has 0 atom stereocenters. The van der Waals surface area contributed by atoms with E-state index in [-0.39, 0.29) is 11.8 Å². The predicted molar refractivity (Wildman–Crippen MR) is 68.1 cm³/mol. The third-order valence-corrected chi connectivity index (χ3v) is 4.44. The summed E-state index contributed by atoms with van der Waals surface area (Å²) < 4.78 is 0. The van der Waals surface area contributed by atoms with Crippen molar-refractivity contribution >= 4 is 11.9 Å². The maximum Gasteiger partial charge on any atom is 0.306 e. The molecule has 18 heavy (non-hydrogen) atoms. The largest absolute Gasteiger partial charge is 0.481 e. The Kier molecular flexibility index (Phi) is 4.61. The molecular weight excluding hydrogens is 230 g/mol. The summed E-state index contributed by atoms with van der Waals surface area (Å²) in [6.45, 7) is 1.25. The Morgan fingerprint density at radius 1 is 1.06 bits per heavy atom. The molecule has 0 aromatic heterocycles. The molecular formula is C14H23NO3. The van der Waals surface area contributed by atoms with Gasteiger partial charge >= 0.3 is 5.97 Å². The molecule has 2 aliphatic rings. The van der Waals surface area contributed by atoms with Crippen molar-refractivity contribution in [2.45, 2.75) is 51.4 Å². The summed E-state index contributed by atoms with van der Waals surface area (Å²) in [4.78, 5) is 24.7. The van der Waals surface area contributed by atoms with Crippen LogP contribution in [0.25, 0.3) is 0 Å². The topological polar surface area (TPSA) is 57.6 Å². The van der Waals surface area contributed by atoms with E-state index < -0.39 is 5.97 Å². The van der Waals surface area contributed by atoms with Crippen molar-refractivity contribution in [1.29, 1.82) is 0 Å². The number of piperidine rings is 1. The van der Waals surface area contributed by atoms with Crippen molar-refractivity contribution in [3.8, 4) is 0 Å². The monoisotopic (exact) mass is 253 g/mol. The number of hydrogen-bond acceptors (Lipinski definition) is 2. The lowest BCUT2D eigenvalue weighted by atomic mass is 9.96. The summed E-state index contributed by atoms with van der Waals surface area (Å²) in [5, 5.41) is 8.91. The van der Waals surface area contributed by atoms with Crippen LogP contribution in [-0.2, 0) is 9.59 Å². The molecule has 1 aliphatic carbocycles. The number of carboxylic acid groups (broad SMARTS) is 1. The second-order valence-electron chi connectivity index (χ2n) is 5.68. The first-order valence-corrected chi connectivity index (χ1v) is 7.17. The summed E-state index contributed by atoms with van der Waals surface area (Å²) in [5.41, 5.74) is 0. The second-order valence-corrected chi connectivity index (χ2v) is 5.68. The van der Waals surface area contributed by atoms with E-state index in [9.17, 15) is 9.59 Å². The van der Waals surface area contributed by atoms with Gasteiger partial charge in [-0.05, 0) is 25.2 Å². The van der Waals surface area contributed by atoms with Gasteiger partial charge in [0.05, 0.1) is 5.92 Å². The molecule has 102 valence electrons. The van der Waals surface area contributed by atoms with Gasteiger partial charge in [-0.25, -0.2) is 0 Å². The number of likely N-dealkylation sites (tertiary alicyclic amines) is 1. The van der Waals surface area contributed by atoms with Crippen molar-refractivity contribution in [1.82, 2.24) is 4.90 Å². The fourth-order valence-electron chi connectivity index (χ4n) is 3.16. The quantitative estimate of drug-likeness (QED) is 0.836. The molecule has 1 aliphatic heterocycles. The molecule has 0 unspecified atom stereocenters. The zero-order chi connectivity index (χ0) is 13.0. The predicted octanol–water partition coefficient (Wildman–Crippen LogP) is 2.28. The summed E-state index contributed by atoms with van der Waals surface area (Å²) in [6, 6.07) is 0. The van der Waals surface area contributed by atoms with Crippen LogP contribution in [-0.4, -0.2) is 35.0 Å². The van der Waals surface area contributed by atoms with Crippen molar-refractivity contribution in [3.05, 3.63) is 0 Å². The fraction of sp³-hybridized carbons (Fsp3) is 0.857. The molecule has 0 aromatic carbocycles. The van der Waals surface area contributed by atoms with Crippen LogP contribution in [0.15, 0.2) is 0 Å². The van der Waals surface area contributed by atoms with Crippen molar-refractivity contribution in [3.63, 3.8) is 0 Å². The average Bonchev–Trinajstić information content (AvgIpc) is 2.89. The van der Waals surface area contributed by atoms with Crippen LogP contribution in [0.5, 0.6) is 0 Å².